The molecule has 104 valence electrons. The summed E-state index contributed by atoms with van der Waals surface area (Å²) in [4.78, 5) is 12.4. The number of carbonyl (C=O) groups is 1. The maximum atomic E-state index is 12.2. The Hall–Kier alpha value is -1.94. The minimum absolute atomic E-state index is 0.0313. The Morgan fingerprint density at radius 1 is 0.950 bits per heavy atom. The van der Waals surface area contributed by atoms with Crippen molar-refractivity contribution >= 4 is 15.6 Å². The van der Waals surface area contributed by atoms with Crippen molar-refractivity contribution in [1.29, 1.82) is 0 Å². The summed E-state index contributed by atoms with van der Waals surface area (Å²) in [5.41, 5.74) is 1.15. The standard InChI is InChI=1S/C16H16O3S/c1-2-20(18,19)16-11-7-6-10-14(16)12-15(17)13-8-4-3-5-9-13/h3-11H,2,12H2,1H3. The van der Waals surface area contributed by atoms with E-state index < -0.39 is 9.84 Å². The van der Waals surface area contributed by atoms with Gasteiger partial charge in [0.2, 0.25) is 0 Å². The van der Waals surface area contributed by atoms with Crippen LogP contribution in [0.5, 0.6) is 0 Å². The van der Waals surface area contributed by atoms with E-state index in [2.05, 4.69) is 0 Å². The summed E-state index contributed by atoms with van der Waals surface area (Å²) in [7, 11) is -3.31. The lowest BCUT2D eigenvalue weighted by atomic mass is 10.0. The van der Waals surface area contributed by atoms with Crippen molar-refractivity contribution in [2.24, 2.45) is 0 Å². The van der Waals surface area contributed by atoms with Gasteiger partial charge in [-0.25, -0.2) is 8.42 Å². The van der Waals surface area contributed by atoms with E-state index in [1.807, 2.05) is 6.07 Å². The fourth-order valence-corrected chi connectivity index (χ4v) is 3.14. The van der Waals surface area contributed by atoms with Crippen LogP contribution in [0.15, 0.2) is 59.5 Å². The summed E-state index contributed by atoms with van der Waals surface area (Å²) in [5, 5.41) is 0. The topological polar surface area (TPSA) is 51.2 Å². The van der Waals surface area contributed by atoms with Crippen LogP contribution in [0.1, 0.15) is 22.8 Å². The van der Waals surface area contributed by atoms with Crippen molar-refractivity contribution in [3.8, 4) is 0 Å². The molecule has 0 amide bonds. The monoisotopic (exact) mass is 288 g/mol. The van der Waals surface area contributed by atoms with Gasteiger partial charge in [0.05, 0.1) is 10.6 Å². The number of Topliss-reactive ketones (excluding diaryl/α,β-unsaturated/α-hetero) is 1. The maximum absolute atomic E-state index is 12.2. The first-order chi connectivity index (χ1) is 9.54. The molecule has 0 bridgehead atoms. The number of rotatable bonds is 5. The van der Waals surface area contributed by atoms with E-state index in [0.717, 1.165) is 0 Å². The smallest absolute Gasteiger partial charge is 0.178 e. The van der Waals surface area contributed by atoms with E-state index >= 15 is 0 Å². The van der Waals surface area contributed by atoms with Gasteiger partial charge in [0.1, 0.15) is 0 Å². The van der Waals surface area contributed by atoms with Crippen LogP contribution in [0, 0.1) is 0 Å². The minimum atomic E-state index is -3.31. The average molecular weight is 288 g/mol. The van der Waals surface area contributed by atoms with Gasteiger partial charge in [0.15, 0.2) is 15.6 Å². The molecule has 20 heavy (non-hydrogen) atoms. The Kier molecular flexibility index (Phi) is 4.35. The van der Waals surface area contributed by atoms with E-state index in [0.29, 0.717) is 11.1 Å². The molecule has 0 unspecified atom stereocenters. The summed E-state index contributed by atoms with van der Waals surface area (Å²) in [6, 6.07) is 15.6. The van der Waals surface area contributed by atoms with Crippen LogP contribution >= 0.6 is 0 Å². The van der Waals surface area contributed by atoms with E-state index in [1.165, 1.54) is 0 Å². The zero-order chi connectivity index (χ0) is 14.6. The van der Waals surface area contributed by atoms with Crippen molar-refractivity contribution in [1.82, 2.24) is 0 Å². The van der Waals surface area contributed by atoms with Gasteiger partial charge in [-0.3, -0.25) is 4.79 Å². The highest BCUT2D eigenvalue weighted by atomic mass is 32.2. The fraction of sp³-hybridized carbons (Fsp3) is 0.188. The third kappa shape index (κ3) is 3.14. The zero-order valence-electron chi connectivity index (χ0n) is 11.2. The zero-order valence-corrected chi connectivity index (χ0v) is 12.1. The Morgan fingerprint density at radius 2 is 1.55 bits per heavy atom. The predicted molar refractivity (Wildman–Crippen MR) is 78.6 cm³/mol. The van der Waals surface area contributed by atoms with Crippen molar-refractivity contribution in [2.45, 2.75) is 18.2 Å². The molecule has 0 fully saturated rings. The van der Waals surface area contributed by atoms with Crippen LogP contribution in [0.3, 0.4) is 0 Å². The molecular weight excluding hydrogens is 272 g/mol. The molecule has 0 spiro atoms. The quantitative estimate of drug-likeness (QED) is 0.795. The SMILES string of the molecule is CCS(=O)(=O)c1ccccc1CC(=O)c1ccccc1. The van der Waals surface area contributed by atoms with Crippen LogP contribution in [0.4, 0.5) is 0 Å². The second kappa shape index (κ2) is 6.01. The summed E-state index contributed by atoms with van der Waals surface area (Å²) in [5.74, 6) is -0.0480. The lowest BCUT2D eigenvalue weighted by Gasteiger charge is -2.08. The third-order valence-corrected chi connectivity index (χ3v) is 4.96. The van der Waals surface area contributed by atoms with Crippen molar-refractivity contribution < 1.29 is 13.2 Å². The third-order valence-electron chi connectivity index (χ3n) is 3.13. The molecule has 0 aromatic heterocycles. The summed E-state index contributed by atoms with van der Waals surface area (Å²) < 4.78 is 24.1. The summed E-state index contributed by atoms with van der Waals surface area (Å²) in [6.45, 7) is 1.60. The molecule has 2 rings (SSSR count). The lowest BCUT2D eigenvalue weighted by Crippen LogP contribution is -2.11. The minimum Gasteiger partial charge on any atom is -0.294 e. The van der Waals surface area contributed by atoms with Gasteiger partial charge in [-0.05, 0) is 11.6 Å². The molecular formula is C16H16O3S. The van der Waals surface area contributed by atoms with E-state index in [4.69, 9.17) is 0 Å². The molecule has 0 N–H and O–H groups in total. The average Bonchev–Trinajstić information content (AvgIpc) is 2.48. The Bertz CT molecular complexity index is 704. The van der Waals surface area contributed by atoms with Crippen molar-refractivity contribution in [3.63, 3.8) is 0 Å². The Labute approximate surface area is 119 Å². The highest BCUT2D eigenvalue weighted by Gasteiger charge is 2.18. The number of ketones is 1. The predicted octanol–water partition coefficient (Wildman–Crippen LogP) is 2.91. The van der Waals surface area contributed by atoms with Gasteiger partial charge in [-0.1, -0.05) is 55.5 Å². The van der Waals surface area contributed by atoms with E-state index in [-0.39, 0.29) is 22.9 Å². The van der Waals surface area contributed by atoms with Crippen molar-refractivity contribution in [2.75, 3.05) is 5.75 Å². The molecule has 4 heteroatoms. The highest BCUT2D eigenvalue weighted by molar-refractivity contribution is 7.91. The number of hydrogen-bond donors (Lipinski definition) is 0. The second-order valence-electron chi connectivity index (χ2n) is 4.48. The maximum Gasteiger partial charge on any atom is 0.178 e. The van der Waals surface area contributed by atoms with Crippen molar-refractivity contribution in [3.05, 3.63) is 65.7 Å². The number of carbonyl (C=O) groups excluding carboxylic acids is 1. The largest absolute Gasteiger partial charge is 0.294 e. The molecule has 0 saturated carbocycles. The van der Waals surface area contributed by atoms with Gasteiger partial charge in [0.25, 0.3) is 0 Å². The molecule has 0 radical (unpaired) electrons. The highest BCUT2D eigenvalue weighted by Crippen LogP contribution is 2.19. The Morgan fingerprint density at radius 3 is 2.20 bits per heavy atom. The number of sulfone groups is 1. The first kappa shape index (κ1) is 14.5. The van der Waals surface area contributed by atoms with Gasteiger partial charge in [-0.2, -0.15) is 0 Å². The van der Waals surface area contributed by atoms with Crippen LogP contribution in [0.2, 0.25) is 0 Å². The van der Waals surface area contributed by atoms with Gasteiger partial charge < -0.3 is 0 Å². The van der Waals surface area contributed by atoms with Crippen LogP contribution in [0.25, 0.3) is 0 Å². The lowest BCUT2D eigenvalue weighted by molar-refractivity contribution is 0.0992. The molecule has 0 saturated heterocycles. The molecule has 2 aromatic carbocycles. The molecule has 0 aliphatic heterocycles. The van der Waals surface area contributed by atoms with Gasteiger partial charge >= 0.3 is 0 Å². The fourth-order valence-electron chi connectivity index (χ4n) is 2.01. The van der Waals surface area contributed by atoms with Crippen LogP contribution in [-0.2, 0) is 16.3 Å². The first-order valence-electron chi connectivity index (χ1n) is 6.43. The number of hydrogen-bond acceptors (Lipinski definition) is 3. The van der Waals surface area contributed by atoms with E-state index in [9.17, 15) is 13.2 Å². The molecule has 2 aromatic rings. The first-order valence-corrected chi connectivity index (χ1v) is 8.08. The summed E-state index contributed by atoms with van der Waals surface area (Å²) >= 11 is 0. The molecule has 0 aliphatic rings. The van der Waals surface area contributed by atoms with Gasteiger partial charge in [-0.15, -0.1) is 0 Å². The van der Waals surface area contributed by atoms with E-state index in [1.54, 1.807) is 55.5 Å². The number of benzene rings is 2. The molecule has 0 atom stereocenters. The molecule has 0 heterocycles. The molecule has 3 nitrogen and oxygen atoms in total. The summed E-state index contributed by atoms with van der Waals surface area (Å²) in [6.07, 6.45) is 0.0966. The van der Waals surface area contributed by atoms with Crippen LogP contribution < -0.4 is 0 Å². The molecule has 0 aliphatic carbocycles. The second-order valence-corrected chi connectivity index (χ2v) is 6.72. The van der Waals surface area contributed by atoms with Gasteiger partial charge in [0, 0.05) is 12.0 Å². The Balaban J connectivity index is 2.34. The normalized spacial score (nSPS) is 11.2. The van der Waals surface area contributed by atoms with Crippen LogP contribution in [-0.4, -0.2) is 20.0 Å².